The summed E-state index contributed by atoms with van der Waals surface area (Å²) >= 11 is 3.71. The first-order chi connectivity index (χ1) is 15.3. The van der Waals surface area contributed by atoms with E-state index in [1.54, 1.807) is 0 Å². The molecule has 4 rings (SSSR count). The lowest BCUT2D eigenvalue weighted by atomic mass is 9.92. The highest BCUT2D eigenvalue weighted by atomic mass is 79.9. The summed E-state index contributed by atoms with van der Waals surface area (Å²) in [6.45, 7) is 13.2. The Bertz CT molecular complexity index is 1240. The number of halogens is 1. The predicted molar refractivity (Wildman–Crippen MR) is 138 cm³/mol. The number of aryl methyl sites for hydroxylation is 2. The average Bonchev–Trinajstić information content (AvgIpc) is 3.19. The Morgan fingerprint density at radius 3 is 1.94 bits per heavy atom. The zero-order valence-corrected chi connectivity index (χ0v) is 21.2. The van der Waals surface area contributed by atoms with Gasteiger partial charge in [0.25, 0.3) is 0 Å². The van der Waals surface area contributed by atoms with E-state index in [1.807, 2.05) is 0 Å². The maximum absolute atomic E-state index is 4.75. The fourth-order valence-corrected chi connectivity index (χ4v) is 4.56. The third kappa shape index (κ3) is 4.04. The van der Waals surface area contributed by atoms with Gasteiger partial charge in [0.2, 0.25) is 0 Å². The number of para-hydroxylation sites is 1. The highest BCUT2D eigenvalue weighted by Crippen LogP contribution is 2.38. The van der Waals surface area contributed by atoms with Crippen LogP contribution in [0.3, 0.4) is 0 Å². The first kappa shape index (κ1) is 22.5. The van der Waals surface area contributed by atoms with Gasteiger partial charge in [-0.2, -0.15) is 0 Å². The van der Waals surface area contributed by atoms with E-state index in [4.69, 9.17) is 10.2 Å². The lowest BCUT2D eigenvalue weighted by Gasteiger charge is -2.23. The Morgan fingerprint density at radius 1 is 0.719 bits per heavy atom. The van der Waals surface area contributed by atoms with Crippen LogP contribution in [0.5, 0.6) is 0 Å². The van der Waals surface area contributed by atoms with Crippen molar-refractivity contribution in [2.45, 2.75) is 53.4 Å². The maximum Gasteiger partial charge on any atom is 0.169 e. The monoisotopic (exact) mass is 487 g/mol. The Hall–Kier alpha value is -2.72. The molecule has 0 radical (unpaired) electrons. The summed E-state index contributed by atoms with van der Waals surface area (Å²) < 4.78 is 3.35. The second-order valence-electron chi connectivity index (χ2n) is 9.06. The second kappa shape index (κ2) is 9.03. The SMILES string of the molecule is Cc1ccc(-c2nnc(-c3ccccc3C)n2-c2c(C(C)C)cccc2C(C)C)cc1Br. The third-order valence-corrected chi connectivity index (χ3v) is 6.90. The molecular formula is C28H30BrN3. The quantitative estimate of drug-likeness (QED) is 0.283. The van der Waals surface area contributed by atoms with E-state index in [-0.39, 0.29) is 0 Å². The normalized spacial score (nSPS) is 11.5. The van der Waals surface area contributed by atoms with E-state index < -0.39 is 0 Å². The van der Waals surface area contributed by atoms with Crippen LogP contribution >= 0.6 is 15.9 Å². The third-order valence-electron chi connectivity index (χ3n) is 6.05. The lowest BCUT2D eigenvalue weighted by molar-refractivity contribution is 0.807. The van der Waals surface area contributed by atoms with E-state index >= 15 is 0 Å². The molecule has 1 heterocycles. The highest BCUT2D eigenvalue weighted by molar-refractivity contribution is 9.10. The Balaban J connectivity index is 2.12. The molecule has 32 heavy (non-hydrogen) atoms. The molecule has 0 saturated carbocycles. The van der Waals surface area contributed by atoms with Crippen molar-refractivity contribution < 1.29 is 0 Å². The van der Waals surface area contributed by atoms with Crippen molar-refractivity contribution in [3.05, 3.63) is 87.4 Å². The minimum absolute atomic E-state index is 0.369. The summed E-state index contributed by atoms with van der Waals surface area (Å²) in [5, 5.41) is 9.49. The number of aromatic nitrogens is 3. The first-order valence-electron chi connectivity index (χ1n) is 11.2. The molecule has 0 aliphatic heterocycles. The molecule has 3 aromatic carbocycles. The van der Waals surface area contributed by atoms with E-state index in [0.717, 1.165) is 27.2 Å². The fourth-order valence-electron chi connectivity index (χ4n) is 4.18. The molecule has 0 aliphatic rings. The zero-order chi connectivity index (χ0) is 23.0. The molecule has 4 aromatic rings. The van der Waals surface area contributed by atoms with Gasteiger partial charge in [0.1, 0.15) is 0 Å². The van der Waals surface area contributed by atoms with Crippen LogP contribution in [0.4, 0.5) is 0 Å². The molecule has 3 nitrogen and oxygen atoms in total. The van der Waals surface area contributed by atoms with Crippen LogP contribution in [-0.4, -0.2) is 14.8 Å². The molecule has 0 fully saturated rings. The van der Waals surface area contributed by atoms with Gasteiger partial charge < -0.3 is 0 Å². The van der Waals surface area contributed by atoms with Crippen molar-refractivity contribution in [1.82, 2.24) is 14.8 Å². The number of nitrogens with zero attached hydrogens (tertiary/aromatic N) is 3. The topological polar surface area (TPSA) is 30.7 Å². The summed E-state index contributed by atoms with van der Waals surface area (Å²) in [7, 11) is 0. The van der Waals surface area contributed by atoms with E-state index in [1.165, 1.54) is 27.9 Å². The molecule has 0 atom stereocenters. The number of benzene rings is 3. The average molecular weight is 488 g/mol. The lowest BCUT2D eigenvalue weighted by Crippen LogP contribution is -2.10. The molecule has 0 unspecified atom stereocenters. The zero-order valence-electron chi connectivity index (χ0n) is 19.6. The number of rotatable bonds is 5. The van der Waals surface area contributed by atoms with Crippen LogP contribution in [0.2, 0.25) is 0 Å². The molecular weight excluding hydrogens is 458 g/mol. The van der Waals surface area contributed by atoms with Gasteiger partial charge in [0.05, 0.1) is 5.69 Å². The maximum atomic E-state index is 4.75. The Morgan fingerprint density at radius 2 is 1.34 bits per heavy atom. The summed E-state index contributed by atoms with van der Waals surface area (Å²) in [5.41, 5.74) is 8.34. The van der Waals surface area contributed by atoms with Crippen molar-refractivity contribution in [1.29, 1.82) is 0 Å². The molecule has 164 valence electrons. The van der Waals surface area contributed by atoms with Gasteiger partial charge in [-0.1, -0.05) is 98.2 Å². The van der Waals surface area contributed by atoms with Crippen molar-refractivity contribution >= 4 is 15.9 Å². The minimum atomic E-state index is 0.369. The summed E-state index contributed by atoms with van der Waals surface area (Å²) in [6.07, 6.45) is 0. The molecule has 0 amide bonds. The molecule has 1 aromatic heterocycles. The van der Waals surface area contributed by atoms with Gasteiger partial charge >= 0.3 is 0 Å². The van der Waals surface area contributed by atoms with E-state index in [2.05, 4.69) is 123 Å². The van der Waals surface area contributed by atoms with Gasteiger partial charge in [-0.05, 0) is 54.0 Å². The van der Waals surface area contributed by atoms with Gasteiger partial charge in [0, 0.05) is 15.6 Å². The number of hydrogen-bond acceptors (Lipinski definition) is 2. The van der Waals surface area contributed by atoms with Crippen LogP contribution in [0.1, 0.15) is 61.8 Å². The van der Waals surface area contributed by atoms with Gasteiger partial charge in [-0.25, -0.2) is 0 Å². The van der Waals surface area contributed by atoms with Crippen LogP contribution in [-0.2, 0) is 0 Å². The standard InChI is InChI=1S/C28H30BrN3/c1-17(2)22-12-9-13-23(18(3)4)26(22)32-27(21-15-14-20(6)25(29)16-21)30-31-28(32)24-11-8-7-10-19(24)5/h7-18H,1-6H3. The van der Waals surface area contributed by atoms with Crippen molar-refractivity contribution in [3.63, 3.8) is 0 Å². The highest BCUT2D eigenvalue weighted by Gasteiger charge is 2.24. The summed E-state index contributed by atoms with van der Waals surface area (Å²) in [6, 6.07) is 21.5. The van der Waals surface area contributed by atoms with Crippen LogP contribution < -0.4 is 0 Å². The van der Waals surface area contributed by atoms with Gasteiger partial charge in [-0.3, -0.25) is 4.57 Å². The minimum Gasteiger partial charge on any atom is -0.274 e. The van der Waals surface area contributed by atoms with Crippen LogP contribution in [0, 0.1) is 13.8 Å². The Labute approximate surface area is 199 Å². The van der Waals surface area contributed by atoms with Gasteiger partial charge in [0.15, 0.2) is 11.6 Å². The number of hydrogen-bond donors (Lipinski definition) is 0. The van der Waals surface area contributed by atoms with E-state index in [0.29, 0.717) is 11.8 Å². The van der Waals surface area contributed by atoms with E-state index in [9.17, 15) is 0 Å². The van der Waals surface area contributed by atoms with Crippen molar-refractivity contribution in [2.24, 2.45) is 0 Å². The van der Waals surface area contributed by atoms with Crippen LogP contribution in [0.25, 0.3) is 28.5 Å². The molecule has 0 aliphatic carbocycles. The molecule has 0 saturated heterocycles. The molecule has 0 bridgehead atoms. The fraction of sp³-hybridized carbons (Fsp3) is 0.286. The smallest absolute Gasteiger partial charge is 0.169 e. The van der Waals surface area contributed by atoms with Crippen molar-refractivity contribution in [2.75, 3.05) is 0 Å². The van der Waals surface area contributed by atoms with Crippen LogP contribution in [0.15, 0.2) is 65.1 Å². The largest absolute Gasteiger partial charge is 0.274 e. The molecule has 0 spiro atoms. The Kier molecular flexibility index (Phi) is 6.34. The second-order valence-corrected chi connectivity index (χ2v) is 9.91. The van der Waals surface area contributed by atoms with Crippen molar-refractivity contribution in [3.8, 4) is 28.5 Å². The molecule has 0 N–H and O–H groups in total. The van der Waals surface area contributed by atoms with Gasteiger partial charge in [-0.15, -0.1) is 10.2 Å². The predicted octanol–water partition coefficient (Wildman–Crippen LogP) is 8.23. The summed E-state index contributed by atoms with van der Waals surface area (Å²) in [4.78, 5) is 0. The first-order valence-corrected chi connectivity index (χ1v) is 12.0. The molecule has 4 heteroatoms. The summed E-state index contributed by atoms with van der Waals surface area (Å²) in [5.74, 6) is 2.48.